The lowest BCUT2D eigenvalue weighted by Gasteiger charge is -2.06. The van der Waals surface area contributed by atoms with Gasteiger partial charge in [-0.05, 0) is 55.4 Å². The molecule has 5 nitrogen and oxygen atoms in total. The van der Waals surface area contributed by atoms with Crippen LogP contribution in [-0.2, 0) is 0 Å². The maximum absolute atomic E-state index is 5.75. The average molecular weight is 272 g/mol. The Morgan fingerprint density at radius 3 is 2.63 bits per heavy atom. The summed E-state index contributed by atoms with van der Waals surface area (Å²) >= 11 is 5.08. The third-order valence-corrected chi connectivity index (χ3v) is 2.93. The van der Waals surface area contributed by atoms with Crippen LogP contribution in [-0.4, -0.2) is 19.8 Å². The first kappa shape index (κ1) is 11.9. The van der Waals surface area contributed by atoms with Crippen LogP contribution in [0.25, 0.3) is 5.65 Å². The van der Waals surface area contributed by atoms with Crippen LogP contribution in [0.2, 0.25) is 0 Å². The Morgan fingerprint density at radius 1 is 1.16 bits per heavy atom. The van der Waals surface area contributed by atoms with Gasteiger partial charge in [0.05, 0.1) is 0 Å². The van der Waals surface area contributed by atoms with Crippen molar-refractivity contribution in [1.82, 2.24) is 19.8 Å². The Morgan fingerprint density at radius 2 is 1.89 bits per heavy atom. The minimum absolute atomic E-state index is 0.445. The number of nitrogens with one attached hydrogen (secondary N) is 1. The maximum Gasteiger partial charge on any atom is 0.237 e. The maximum atomic E-state index is 5.75. The van der Waals surface area contributed by atoms with Gasteiger partial charge >= 0.3 is 0 Å². The van der Waals surface area contributed by atoms with Gasteiger partial charge in [0, 0.05) is 6.07 Å². The Balaban J connectivity index is 2.00. The van der Waals surface area contributed by atoms with Gasteiger partial charge in [0.2, 0.25) is 10.7 Å². The molecule has 0 bridgehead atoms. The molecule has 3 aromatic rings. The zero-order valence-electron chi connectivity index (χ0n) is 10.5. The number of hydrogen-bond donors (Lipinski definition) is 1. The summed E-state index contributed by atoms with van der Waals surface area (Å²) in [6, 6.07) is 9.59. The third kappa shape index (κ3) is 2.34. The van der Waals surface area contributed by atoms with E-state index < -0.39 is 0 Å². The number of hydrogen-bond acceptors (Lipinski definition) is 4. The van der Waals surface area contributed by atoms with E-state index in [2.05, 4.69) is 21.4 Å². The lowest BCUT2D eigenvalue weighted by Crippen LogP contribution is -1.96. The predicted molar refractivity (Wildman–Crippen MR) is 74.2 cm³/mol. The molecule has 0 radical (unpaired) electrons. The molecule has 0 amide bonds. The highest BCUT2D eigenvalue weighted by molar-refractivity contribution is 7.71. The summed E-state index contributed by atoms with van der Waals surface area (Å²) < 4.78 is 7.73. The van der Waals surface area contributed by atoms with Gasteiger partial charge in [-0.15, -0.1) is 5.10 Å². The predicted octanol–water partition coefficient (Wildman–Crippen LogP) is 3.20. The second kappa shape index (κ2) is 4.47. The van der Waals surface area contributed by atoms with E-state index in [9.17, 15) is 0 Å². The molecule has 0 spiro atoms. The molecule has 0 saturated heterocycles. The van der Waals surface area contributed by atoms with E-state index in [-0.39, 0.29) is 0 Å². The molecular formula is C13H12N4OS. The third-order valence-electron chi connectivity index (χ3n) is 2.67. The van der Waals surface area contributed by atoms with Crippen LogP contribution in [0, 0.1) is 18.6 Å². The molecule has 1 aromatic carbocycles. The fourth-order valence-electron chi connectivity index (χ4n) is 1.95. The standard InChI is InChI=1S/C13H12N4OS/c1-8-5-9(2)7-10(6-8)18-12-4-3-11-14-15-13(19)17(11)16-12/h3-7H,1-2H3,(H,15,19). The van der Waals surface area contributed by atoms with Gasteiger partial charge in [0.15, 0.2) is 5.65 Å². The van der Waals surface area contributed by atoms with Gasteiger partial charge in [-0.2, -0.15) is 9.61 Å². The van der Waals surface area contributed by atoms with Gasteiger partial charge in [0.25, 0.3) is 0 Å². The molecule has 0 aliphatic rings. The van der Waals surface area contributed by atoms with E-state index in [0.29, 0.717) is 16.3 Å². The molecule has 0 fully saturated rings. The first-order valence-corrected chi connectivity index (χ1v) is 6.23. The largest absolute Gasteiger partial charge is 0.438 e. The number of fused-ring (bicyclic) bond motifs is 1. The first-order valence-electron chi connectivity index (χ1n) is 5.82. The minimum atomic E-state index is 0.445. The molecule has 96 valence electrons. The number of aromatic amines is 1. The van der Waals surface area contributed by atoms with Crippen molar-refractivity contribution in [2.75, 3.05) is 0 Å². The lowest BCUT2D eigenvalue weighted by molar-refractivity contribution is 0.451. The fourth-order valence-corrected chi connectivity index (χ4v) is 2.13. The number of H-pyrrole nitrogens is 1. The average Bonchev–Trinajstić information content (AvgIpc) is 2.70. The van der Waals surface area contributed by atoms with Crippen molar-refractivity contribution in [2.24, 2.45) is 0 Å². The highest BCUT2D eigenvalue weighted by atomic mass is 32.1. The molecule has 19 heavy (non-hydrogen) atoms. The number of benzene rings is 1. The van der Waals surface area contributed by atoms with Gasteiger partial charge < -0.3 is 4.74 Å². The summed E-state index contributed by atoms with van der Waals surface area (Å²) in [7, 11) is 0. The van der Waals surface area contributed by atoms with Gasteiger partial charge in [-0.3, -0.25) is 0 Å². The Labute approximate surface area is 114 Å². The monoisotopic (exact) mass is 272 g/mol. The summed E-state index contributed by atoms with van der Waals surface area (Å²) in [5, 5.41) is 11.0. The zero-order chi connectivity index (χ0) is 13.4. The number of rotatable bonds is 2. The Bertz CT molecular complexity index is 786. The van der Waals surface area contributed by atoms with Crippen molar-refractivity contribution in [3.8, 4) is 11.6 Å². The highest BCUT2D eigenvalue weighted by Gasteiger charge is 2.04. The number of aryl methyl sites for hydroxylation is 2. The molecule has 2 aromatic heterocycles. The molecule has 2 heterocycles. The summed E-state index contributed by atoms with van der Waals surface area (Å²) in [4.78, 5) is 0. The minimum Gasteiger partial charge on any atom is -0.438 e. The molecule has 0 atom stereocenters. The van der Waals surface area contributed by atoms with Crippen LogP contribution in [0.5, 0.6) is 11.6 Å². The van der Waals surface area contributed by atoms with Crippen LogP contribution >= 0.6 is 12.2 Å². The smallest absolute Gasteiger partial charge is 0.237 e. The van der Waals surface area contributed by atoms with Crippen molar-refractivity contribution in [2.45, 2.75) is 13.8 Å². The quantitative estimate of drug-likeness (QED) is 0.728. The summed E-state index contributed by atoms with van der Waals surface area (Å²) in [5.74, 6) is 1.24. The van der Waals surface area contributed by atoms with E-state index in [0.717, 1.165) is 16.9 Å². The molecule has 0 unspecified atom stereocenters. The van der Waals surface area contributed by atoms with Crippen molar-refractivity contribution < 1.29 is 4.74 Å². The molecule has 0 aliphatic carbocycles. The van der Waals surface area contributed by atoms with Crippen molar-refractivity contribution in [3.63, 3.8) is 0 Å². The summed E-state index contributed by atoms with van der Waals surface area (Å²) in [5.41, 5.74) is 2.96. The van der Waals surface area contributed by atoms with Crippen molar-refractivity contribution in [3.05, 3.63) is 46.2 Å². The SMILES string of the molecule is Cc1cc(C)cc(Oc2ccc3n[nH]c(=S)n3n2)c1. The Kier molecular flexibility index (Phi) is 2.79. The lowest BCUT2D eigenvalue weighted by atomic mass is 10.1. The van der Waals surface area contributed by atoms with E-state index in [1.807, 2.05) is 26.0 Å². The number of ether oxygens (including phenoxy) is 1. The zero-order valence-corrected chi connectivity index (χ0v) is 11.4. The van der Waals surface area contributed by atoms with Crippen molar-refractivity contribution in [1.29, 1.82) is 0 Å². The topological polar surface area (TPSA) is 55.2 Å². The second-order valence-electron chi connectivity index (χ2n) is 4.40. The number of aromatic nitrogens is 4. The van der Waals surface area contributed by atoms with E-state index >= 15 is 0 Å². The van der Waals surface area contributed by atoms with E-state index in [4.69, 9.17) is 17.0 Å². The van der Waals surface area contributed by atoms with Crippen molar-refractivity contribution >= 4 is 17.9 Å². The highest BCUT2D eigenvalue weighted by Crippen LogP contribution is 2.22. The summed E-state index contributed by atoms with van der Waals surface area (Å²) in [6.07, 6.45) is 0. The molecular weight excluding hydrogens is 260 g/mol. The fraction of sp³-hybridized carbons (Fsp3) is 0.154. The van der Waals surface area contributed by atoms with Crippen LogP contribution in [0.4, 0.5) is 0 Å². The van der Waals surface area contributed by atoms with Crippen LogP contribution in [0.3, 0.4) is 0 Å². The van der Waals surface area contributed by atoms with Gasteiger partial charge in [-0.25, -0.2) is 5.10 Å². The van der Waals surface area contributed by atoms with Gasteiger partial charge in [-0.1, -0.05) is 6.07 Å². The van der Waals surface area contributed by atoms with Crippen LogP contribution in [0.1, 0.15) is 11.1 Å². The normalized spacial score (nSPS) is 10.8. The van der Waals surface area contributed by atoms with E-state index in [1.165, 1.54) is 4.52 Å². The molecule has 3 rings (SSSR count). The van der Waals surface area contributed by atoms with Crippen LogP contribution in [0.15, 0.2) is 30.3 Å². The van der Waals surface area contributed by atoms with Gasteiger partial charge in [0.1, 0.15) is 5.75 Å². The van der Waals surface area contributed by atoms with Crippen LogP contribution < -0.4 is 4.74 Å². The first-order chi connectivity index (χ1) is 9.11. The molecule has 6 heteroatoms. The Hall–Kier alpha value is -2.21. The number of nitrogens with zero attached hydrogens (tertiary/aromatic N) is 3. The molecule has 0 aliphatic heterocycles. The van der Waals surface area contributed by atoms with E-state index in [1.54, 1.807) is 12.1 Å². The second-order valence-corrected chi connectivity index (χ2v) is 4.78. The summed E-state index contributed by atoms with van der Waals surface area (Å²) in [6.45, 7) is 4.06. The molecule has 0 saturated carbocycles. The molecule has 1 N–H and O–H groups in total.